The zero-order valence-corrected chi connectivity index (χ0v) is 12.6. The summed E-state index contributed by atoms with van der Waals surface area (Å²) in [6.45, 7) is 1.77. The van der Waals surface area contributed by atoms with Crippen molar-refractivity contribution in [2.24, 2.45) is 0 Å². The number of anilines is 1. The molecule has 0 unspecified atom stereocenters. The van der Waals surface area contributed by atoms with Crippen molar-refractivity contribution in [2.45, 2.75) is 31.7 Å². The fourth-order valence-corrected chi connectivity index (χ4v) is 2.81. The normalized spacial score (nSPS) is 21.1. The van der Waals surface area contributed by atoms with Crippen LogP contribution in [-0.2, 0) is 6.18 Å². The third-order valence-electron chi connectivity index (χ3n) is 3.86. The van der Waals surface area contributed by atoms with Gasteiger partial charge in [0, 0.05) is 19.9 Å². The fraction of sp³-hybridized carbons (Fsp3) is 0.400. The Hall–Kier alpha value is -2.60. The number of hydrogen-bond donors (Lipinski definition) is 1. The highest BCUT2D eigenvalue weighted by atomic mass is 19.4. The van der Waals surface area contributed by atoms with Crippen LogP contribution in [0.25, 0.3) is 0 Å². The highest BCUT2D eigenvalue weighted by Gasteiger charge is 2.38. The molecule has 1 aliphatic rings. The number of hydrogen-bond acceptors (Lipinski definition) is 6. The van der Waals surface area contributed by atoms with Gasteiger partial charge in [0.25, 0.3) is 0 Å². The number of halogens is 3. The largest absolute Gasteiger partial charge is 0.423 e. The Labute approximate surface area is 135 Å². The van der Waals surface area contributed by atoms with Crippen LogP contribution in [0, 0.1) is 18.3 Å². The van der Waals surface area contributed by atoms with E-state index in [1.165, 1.54) is 6.07 Å². The first kappa shape index (κ1) is 16.3. The van der Waals surface area contributed by atoms with Crippen LogP contribution < -0.4 is 4.90 Å². The van der Waals surface area contributed by atoms with Gasteiger partial charge in [-0.05, 0) is 18.2 Å². The second kappa shape index (κ2) is 5.79. The van der Waals surface area contributed by atoms with Crippen molar-refractivity contribution in [1.29, 1.82) is 5.26 Å². The van der Waals surface area contributed by atoms with E-state index in [1.54, 1.807) is 17.9 Å². The van der Waals surface area contributed by atoms with E-state index in [4.69, 9.17) is 4.42 Å². The molecule has 9 heteroatoms. The van der Waals surface area contributed by atoms with Crippen LogP contribution in [0.15, 0.2) is 22.6 Å². The number of aliphatic hydroxyl groups excluding tert-OH is 1. The summed E-state index contributed by atoms with van der Waals surface area (Å²) in [6, 6.07) is 4.24. The van der Waals surface area contributed by atoms with Crippen LogP contribution in [-0.4, -0.2) is 28.0 Å². The molecular weight excluding hydrogens is 325 g/mol. The maximum Gasteiger partial charge on any atom is 0.416 e. The van der Waals surface area contributed by atoms with E-state index in [0.29, 0.717) is 11.6 Å². The number of nitrogens with zero attached hydrogens (tertiary/aromatic N) is 4. The number of nitriles is 1. The van der Waals surface area contributed by atoms with Crippen LogP contribution in [0.3, 0.4) is 0 Å². The maximum absolute atomic E-state index is 12.8. The van der Waals surface area contributed by atoms with Gasteiger partial charge >= 0.3 is 6.18 Å². The predicted molar refractivity (Wildman–Crippen MR) is 75.9 cm³/mol. The molecule has 1 fully saturated rings. The van der Waals surface area contributed by atoms with Gasteiger partial charge in [0.05, 0.1) is 22.9 Å². The summed E-state index contributed by atoms with van der Waals surface area (Å²) in [5.41, 5.74) is -0.726. The highest BCUT2D eigenvalue weighted by Crippen LogP contribution is 2.39. The molecule has 0 aliphatic carbocycles. The molecule has 2 heterocycles. The van der Waals surface area contributed by atoms with Crippen LogP contribution in [0.1, 0.15) is 35.4 Å². The molecule has 0 saturated carbocycles. The van der Waals surface area contributed by atoms with Crippen molar-refractivity contribution in [3.63, 3.8) is 0 Å². The van der Waals surface area contributed by atoms with Gasteiger partial charge < -0.3 is 14.4 Å². The lowest BCUT2D eigenvalue weighted by atomic mass is 10.1. The number of alkyl halides is 3. The number of aryl methyl sites for hydroxylation is 1. The van der Waals surface area contributed by atoms with Crippen LogP contribution in [0.2, 0.25) is 0 Å². The van der Waals surface area contributed by atoms with Gasteiger partial charge in [-0.15, -0.1) is 10.2 Å². The zero-order chi connectivity index (χ0) is 17.5. The standard InChI is InChI=1S/C15H13F3N4O2/c1-8-20-21-14(24-8)13-5-11(23)7-22(13)12-3-2-10(15(16,17)18)4-9(12)6-19/h2-4,11,13,23H,5,7H2,1H3/t11-,13-/m1/s1. The van der Waals surface area contributed by atoms with Gasteiger partial charge in [0.15, 0.2) is 0 Å². The van der Waals surface area contributed by atoms with Crippen LogP contribution in [0.4, 0.5) is 18.9 Å². The Bertz CT molecular complexity index is 797. The third-order valence-corrected chi connectivity index (χ3v) is 3.86. The Morgan fingerprint density at radius 2 is 2.12 bits per heavy atom. The number of β-amino-alcohol motifs (C(OH)–C–C–N with tert-alkyl or cyclic N) is 1. The first-order chi connectivity index (χ1) is 11.3. The summed E-state index contributed by atoms with van der Waals surface area (Å²) in [5.74, 6) is 0.604. The number of aliphatic hydroxyl groups is 1. The van der Waals surface area contributed by atoms with Gasteiger partial charge in [-0.3, -0.25) is 0 Å². The van der Waals surface area contributed by atoms with E-state index in [-0.39, 0.29) is 24.4 Å². The summed E-state index contributed by atoms with van der Waals surface area (Å²) < 4.78 is 43.9. The molecule has 1 N–H and O–H groups in total. The lowest BCUT2D eigenvalue weighted by Gasteiger charge is -2.25. The molecule has 24 heavy (non-hydrogen) atoms. The Morgan fingerprint density at radius 1 is 1.38 bits per heavy atom. The van der Waals surface area contributed by atoms with Crippen molar-refractivity contribution >= 4 is 5.69 Å². The first-order valence-electron chi connectivity index (χ1n) is 7.15. The van der Waals surface area contributed by atoms with E-state index < -0.39 is 23.9 Å². The molecule has 1 saturated heterocycles. The summed E-state index contributed by atoms with van der Waals surface area (Å²) >= 11 is 0. The molecule has 1 aromatic heterocycles. The molecule has 1 aromatic carbocycles. The fourth-order valence-electron chi connectivity index (χ4n) is 2.81. The Morgan fingerprint density at radius 3 is 2.71 bits per heavy atom. The van der Waals surface area contributed by atoms with Gasteiger partial charge in [-0.1, -0.05) is 0 Å². The molecule has 0 spiro atoms. The predicted octanol–water partition coefficient (Wildman–Crippen LogP) is 2.58. The Kier molecular flexibility index (Phi) is 3.93. The van der Waals surface area contributed by atoms with Crippen molar-refractivity contribution in [1.82, 2.24) is 10.2 Å². The summed E-state index contributed by atoms with van der Waals surface area (Å²) in [6.07, 6.45) is -4.96. The molecule has 0 radical (unpaired) electrons. The van der Waals surface area contributed by atoms with Crippen LogP contribution >= 0.6 is 0 Å². The second-order valence-corrected chi connectivity index (χ2v) is 5.56. The van der Waals surface area contributed by atoms with Gasteiger partial charge in [0.2, 0.25) is 11.8 Å². The number of rotatable bonds is 2. The molecular formula is C15H13F3N4O2. The average molecular weight is 338 g/mol. The van der Waals surface area contributed by atoms with Crippen molar-refractivity contribution in [2.75, 3.05) is 11.4 Å². The minimum atomic E-state index is -4.53. The molecule has 6 nitrogen and oxygen atoms in total. The zero-order valence-electron chi connectivity index (χ0n) is 12.6. The quantitative estimate of drug-likeness (QED) is 0.906. The number of aromatic nitrogens is 2. The molecule has 3 rings (SSSR count). The van der Waals surface area contributed by atoms with Gasteiger partial charge in [-0.2, -0.15) is 18.4 Å². The summed E-state index contributed by atoms with van der Waals surface area (Å²) in [5, 5.41) is 26.8. The lowest BCUT2D eigenvalue weighted by molar-refractivity contribution is -0.137. The van der Waals surface area contributed by atoms with Crippen molar-refractivity contribution in [3.8, 4) is 6.07 Å². The lowest BCUT2D eigenvalue weighted by Crippen LogP contribution is -2.25. The monoisotopic (exact) mass is 338 g/mol. The van der Waals surface area contributed by atoms with Gasteiger partial charge in [0.1, 0.15) is 12.1 Å². The molecule has 0 amide bonds. The highest BCUT2D eigenvalue weighted by molar-refractivity contribution is 5.62. The number of benzene rings is 1. The minimum absolute atomic E-state index is 0.125. The second-order valence-electron chi connectivity index (χ2n) is 5.56. The third kappa shape index (κ3) is 2.92. The average Bonchev–Trinajstić information content (AvgIpc) is 3.11. The van der Waals surface area contributed by atoms with E-state index in [1.807, 2.05) is 0 Å². The Balaban J connectivity index is 2.02. The molecule has 2 aromatic rings. The van der Waals surface area contributed by atoms with Gasteiger partial charge in [-0.25, -0.2) is 0 Å². The van der Waals surface area contributed by atoms with E-state index in [9.17, 15) is 23.5 Å². The first-order valence-corrected chi connectivity index (χ1v) is 7.15. The van der Waals surface area contributed by atoms with Crippen LogP contribution in [0.5, 0.6) is 0 Å². The molecule has 126 valence electrons. The minimum Gasteiger partial charge on any atom is -0.423 e. The molecule has 0 bridgehead atoms. The maximum atomic E-state index is 12.8. The molecule has 2 atom stereocenters. The van der Waals surface area contributed by atoms with Crippen molar-refractivity contribution in [3.05, 3.63) is 41.1 Å². The summed E-state index contributed by atoms with van der Waals surface area (Å²) in [4.78, 5) is 1.62. The van der Waals surface area contributed by atoms with E-state index in [2.05, 4.69) is 10.2 Å². The van der Waals surface area contributed by atoms with E-state index >= 15 is 0 Å². The summed E-state index contributed by atoms with van der Waals surface area (Å²) in [7, 11) is 0. The van der Waals surface area contributed by atoms with Crippen molar-refractivity contribution < 1.29 is 22.7 Å². The molecule has 1 aliphatic heterocycles. The SMILES string of the molecule is Cc1nnc([C@H]2C[C@@H](O)CN2c2ccc(C(F)(F)F)cc2C#N)o1. The smallest absolute Gasteiger partial charge is 0.416 e. The van der Waals surface area contributed by atoms with E-state index in [0.717, 1.165) is 12.1 Å². The topological polar surface area (TPSA) is 86.2 Å².